The fourth-order valence-electron chi connectivity index (χ4n) is 0.366. The Hall–Kier alpha value is -0.780. The molecule has 0 aliphatic rings. The van der Waals surface area contributed by atoms with E-state index in [0.29, 0.717) is 0 Å². The number of carbonyl (C=O) groups excluding carboxylic acids is 1. The molecule has 0 bridgehead atoms. The summed E-state index contributed by atoms with van der Waals surface area (Å²) in [5.74, 6) is -1.09. The molecule has 2 N–H and O–H groups in total. The lowest BCUT2D eigenvalue weighted by Crippen LogP contribution is -2.36. The van der Waals surface area contributed by atoms with Crippen LogP contribution in [-0.4, -0.2) is 19.1 Å². The van der Waals surface area contributed by atoms with Crippen molar-refractivity contribution in [1.82, 2.24) is 10.9 Å². The standard InChI is InChI=1S/C4H7F3N2O/c1-8-9-3(10)2-4(5,6)7/h8H,2H2,1H3,(H,9,10). The van der Waals surface area contributed by atoms with Gasteiger partial charge in [-0.15, -0.1) is 0 Å². The summed E-state index contributed by atoms with van der Waals surface area (Å²) in [6.45, 7) is 0. The van der Waals surface area contributed by atoms with Crippen LogP contribution in [0.25, 0.3) is 0 Å². The first kappa shape index (κ1) is 9.22. The van der Waals surface area contributed by atoms with Gasteiger partial charge in [-0.1, -0.05) is 0 Å². The molecule has 0 atom stereocenters. The van der Waals surface area contributed by atoms with Crippen LogP contribution >= 0.6 is 0 Å². The molecule has 3 nitrogen and oxygen atoms in total. The predicted molar refractivity (Wildman–Crippen MR) is 27.9 cm³/mol. The van der Waals surface area contributed by atoms with Gasteiger partial charge in [0.15, 0.2) is 0 Å². The lowest BCUT2D eigenvalue weighted by Gasteiger charge is -2.05. The first-order valence-electron chi connectivity index (χ1n) is 2.48. The van der Waals surface area contributed by atoms with Crippen molar-refractivity contribution in [3.63, 3.8) is 0 Å². The number of alkyl halides is 3. The molecule has 0 aliphatic heterocycles. The Balaban J connectivity index is 3.58. The second kappa shape index (κ2) is 3.40. The lowest BCUT2D eigenvalue weighted by molar-refractivity contribution is -0.154. The van der Waals surface area contributed by atoms with Gasteiger partial charge in [0, 0.05) is 7.05 Å². The van der Waals surface area contributed by atoms with E-state index in [1.165, 1.54) is 7.05 Å². The summed E-state index contributed by atoms with van der Waals surface area (Å²) in [7, 11) is 1.31. The van der Waals surface area contributed by atoms with E-state index in [0.717, 1.165) is 0 Å². The third-order valence-electron chi connectivity index (χ3n) is 0.625. The summed E-state index contributed by atoms with van der Waals surface area (Å²) in [4.78, 5) is 10.2. The Morgan fingerprint density at radius 2 is 2.00 bits per heavy atom. The molecule has 60 valence electrons. The molecule has 0 aliphatic carbocycles. The molecule has 0 aromatic rings. The minimum absolute atomic E-state index is 1.09. The number of hydrogen-bond donors (Lipinski definition) is 2. The highest BCUT2D eigenvalue weighted by Crippen LogP contribution is 2.18. The maximum atomic E-state index is 11.3. The van der Waals surface area contributed by atoms with Gasteiger partial charge in [-0.3, -0.25) is 10.2 Å². The predicted octanol–water partition coefficient (Wildman–Crippen LogP) is 0.189. The fraction of sp³-hybridized carbons (Fsp3) is 0.750. The molecule has 0 fully saturated rings. The lowest BCUT2D eigenvalue weighted by atomic mass is 10.4. The third-order valence-corrected chi connectivity index (χ3v) is 0.625. The summed E-state index contributed by atoms with van der Waals surface area (Å²) in [5.41, 5.74) is 3.88. The van der Waals surface area contributed by atoms with Crippen LogP contribution in [0.5, 0.6) is 0 Å². The van der Waals surface area contributed by atoms with Crippen molar-refractivity contribution in [2.24, 2.45) is 0 Å². The van der Waals surface area contributed by atoms with Crippen LogP contribution in [0, 0.1) is 0 Å². The van der Waals surface area contributed by atoms with Crippen LogP contribution in [0.15, 0.2) is 0 Å². The summed E-state index contributed by atoms with van der Waals surface area (Å²) in [6, 6.07) is 0. The van der Waals surface area contributed by atoms with Crippen LogP contribution in [0.3, 0.4) is 0 Å². The second-order valence-corrected chi connectivity index (χ2v) is 1.59. The van der Waals surface area contributed by atoms with Crippen LogP contribution < -0.4 is 10.9 Å². The molecule has 1 amide bonds. The maximum Gasteiger partial charge on any atom is 0.397 e. The minimum Gasteiger partial charge on any atom is -0.292 e. The zero-order chi connectivity index (χ0) is 8.20. The van der Waals surface area contributed by atoms with Crippen molar-refractivity contribution in [2.75, 3.05) is 7.05 Å². The van der Waals surface area contributed by atoms with E-state index in [-0.39, 0.29) is 0 Å². The third kappa shape index (κ3) is 5.36. The molecular weight excluding hydrogens is 149 g/mol. The molecule has 10 heavy (non-hydrogen) atoms. The van der Waals surface area contributed by atoms with E-state index < -0.39 is 18.5 Å². The molecule has 6 heteroatoms. The molecule has 0 radical (unpaired) electrons. The zero-order valence-electron chi connectivity index (χ0n) is 5.25. The Labute approximate surface area is 55.6 Å². The van der Waals surface area contributed by atoms with Crippen LogP contribution in [-0.2, 0) is 4.79 Å². The van der Waals surface area contributed by atoms with E-state index in [1.54, 1.807) is 5.43 Å². The van der Waals surface area contributed by atoms with Gasteiger partial charge in [-0.05, 0) is 0 Å². The van der Waals surface area contributed by atoms with Crippen molar-refractivity contribution in [1.29, 1.82) is 0 Å². The summed E-state index contributed by atoms with van der Waals surface area (Å²) in [6.07, 6.45) is -5.88. The molecule has 0 aromatic heterocycles. The van der Waals surface area contributed by atoms with Crippen LogP contribution in [0.4, 0.5) is 13.2 Å². The monoisotopic (exact) mass is 156 g/mol. The first-order valence-corrected chi connectivity index (χ1v) is 2.48. The number of hydrogen-bond acceptors (Lipinski definition) is 2. The topological polar surface area (TPSA) is 41.1 Å². The summed E-state index contributed by atoms with van der Waals surface area (Å²) >= 11 is 0. The average Bonchev–Trinajstić information content (AvgIpc) is 1.59. The van der Waals surface area contributed by atoms with E-state index in [4.69, 9.17) is 0 Å². The smallest absolute Gasteiger partial charge is 0.292 e. The zero-order valence-corrected chi connectivity index (χ0v) is 5.25. The quantitative estimate of drug-likeness (QED) is 0.560. The highest BCUT2D eigenvalue weighted by molar-refractivity contribution is 5.75. The van der Waals surface area contributed by atoms with Gasteiger partial charge in [0.1, 0.15) is 6.42 Å². The molecule has 0 saturated heterocycles. The molecule has 0 unspecified atom stereocenters. The number of nitrogens with one attached hydrogen (secondary N) is 2. The Kier molecular flexibility index (Phi) is 3.14. The van der Waals surface area contributed by atoms with Gasteiger partial charge in [0.2, 0.25) is 5.91 Å². The van der Waals surface area contributed by atoms with Crippen molar-refractivity contribution >= 4 is 5.91 Å². The van der Waals surface area contributed by atoms with E-state index in [2.05, 4.69) is 5.43 Å². The highest BCUT2D eigenvalue weighted by Gasteiger charge is 2.30. The van der Waals surface area contributed by atoms with Crippen LogP contribution in [0.2, 0.25) is 0 Å². The Morgan fingerprint density at radius 3 is 2.30 bits per heavy atom. The Morgan fingerprint density at radius 1 is 1.50 bits per heavy atom. The largest absolute Gasteiger partial charge is 0.397 e. The summed E-state index contributed by atoms with van der Waals surface area (Å²) < 4.78 is 34.0. The average molecular weight is 156 g/mol. The van der Waals surface area contributed by atoms with E-state index in [9.17, 15) is 18.0 Å². The number of halogens is 3. The Bertz CT molecular complexity index is 122. The van der Waals surface area contributed by atoms with Crippen LogP contribution in [0.1, 0.15) is 6.42 Å². The molecule has 0 spiro atoms. The highest BCUT2D eigenvalue weighted by atomic mass is 19.4. The molecule has 0 rings (SSSR count). The SMILES string of the molecule is CNNC(=O)CC(F)(F)F. The van der Waals surface area contributed by atoms with Crippen molar-refractivity contribution in [3.05, 3.63) is 0 Å². The van der Waals surface area contributed by atoms with Gasteiger partial charge in [0.25, 0.3) is 0 Å². The van der Waals surface area contributed by atoms with Gasteiger partial charge in [-0.25, -0.2) is 5.43 Å². The molecular formula is C4H7F3N2O. The number of rotatable bonds is 2. The summed E-state index contributed by atoms with van der Waals surface area (Å²) in [5, 5.41) is 0. The van der Waals surface area contributed by atoms with Crippen molar-refractivity contribution in [3.8, 4) is 0 Å². The van der Waals surface area contributed by atoms with Crippen molar-refractivity contribution < 1.29 is 18.0 Å². The maximum absolute atomic E-state index is 11.3. The van der Waals surface area contributed by atoms with E-state index >= 15 is 0 Å². The van der Waals surface area contributed by atoms with Crippen molar-refractivity contribution in [2.45, 2.75) is 12.6 Å². The normalized spacial score (nSPS) is 11.2. The first-order chi connectivity index (χ1) is 4.45. The number of hydrazine groups is 1. The number of amides is 1. The fourth-order valence-corrected chi connectivity index (χ4v) is 0.366. The van der Waals surface area contributed by atoms with Gasteiger partial charge in [-0.2, -0.15) is 13.2 Å². The van der Waals surface area contributed by atoms with Gasteiger partial charge in [0.05, 0.1) is 0 Å². The van der Waals surface area contributed by atoms with Gasteiger partial charge >= 0.3 is 6.18 Å². The molecule has 0 heterocycles. The molecule has 0 aromatic carbocycles. The second-order valence-electron chi connectivity index (χ2n) is 1.59. The van der Waals surface area contributed by atoms with E-state index in [1.807, 2.05) is 0 Å². The number of carbonyl (C=O) groups is 1. The van der Waals surface area contributed by atoms with Gasteiger partial charge < -0.3 is 0 Å². The minimum atomic E-state index is -4.43. The molecule has 0 saturated carbocycles.